The molecule has 0 spiro atoms. The number of fused-ring (bicyclic) bond motifs is 1. The van der Waals surface area contributed by atoms with Gasteiger partial charge in [0.2, 0.25) is 5.91 Å². The van der Waals surface area contributed by atoms with Crippen LogP contribution in [0.4, 0.5) is 5.69 Å². The summed E-state index contributed by atoms with van der Waals surface area (Å²) in [6, 6.07) is 3.85. The number of hydrogen-bond acceptors (Lipinski definition) is 5. The van der Waals surface area contributed by atoms with E-state index >= 15 is 0 Å². The Morgan fingerprint density at radius 3 is 2.54 bits per heavy atom. The number of carbonyl (C=O) groups excluding carboxylic acids is 3. The first-order valence-corrected chi connectivity index (χ1v) is 7.33. The van der Waals surface area contributed by atoms with E-state index in [1.165, 1.54) is 17.0 Å². The van der Waals surface area contributed by atoms with Gasteiger partial charge in [-0.2, -0.15) is 0 Å². The van der Waals surface area contributed by atoms with Crippen molar-refractivity contribution in [1.29, 1.82) is 0 Å². The van der Waals surface area contributed by atoms with E-state index in [9.17, 15) is 24.5 Å². The maximum absolute atomic E-state index is 12.4. The van der Waals surface area contributed by atoms with E-state index < -0.39 is 34.9 Å². The highest BCUT2D eigenvalue weighted by atomic mass is 16.6. The Hall–Kier alpha value is -3.03. The molecule has 1 aromatic rings. The fraction of sp³-hybridized carbons (Fsp3) is 0.312. The van der Waals surface area contributed by atoms with E-state index in [1.54, 1.807) is 13.8 Å². The molecule has 8 heteroatoms. The molecule has 126 valence electrons. The molecule has 24 heavy (non-hydrogen) atoms. The lowest BCUT2D eigenvalue weighted by Gasteiger charge is -2.23. The molecule has 0 aliphatic carbocycles. The second-order valence-electron chi connectivity index (χ2n) is 5.52. The maximum atomic E-state index is 12.4. The molecule has 1 aromatic carbocycles. The van der Waals surface area contributed by atoms with Crippen LogP contribution in [0.25, 0.3) is 0 Å². The quantitative estimate of drug-likeness (QED) is 0.341. The van der Waals surface area contributed by atoms with Crippen LogP contribution in [0.1, 0.15) is 34.6 Å². The number of hydrogen-bond donors (Lipinski definition) is 0. The molecule has 8 nitrogen and oxygen atoms in total. The first-order chi connectivity index (χ1) is 11.3. The summed E-state index contributed by atoms with van der Waals surface area (Å²) in [4.78, 5) is 49.6. The molecule has 0 aromatic heterocycles. The van der Waals surface area contributed by atoms with Crippen molar-refractivity contribution in [3.63, 3.8) is 0 Å². The van der Waals surface area contributed by atoms with Gasteiger partial charge in [-0.05, 0) is 19.9 Å². The third kappa shape index (κ3) is 3.03. The van der Waals surface area contributed by atoms with Crippen LogP contribution in [0, 0.1) is 10.1 Å². The highest BCUT2D eigenvalue weighted by molar-refractivity contribution is 6.24. The summed E-state index contributed by atoms with van der Waals surface area (Å²) >= 11 is 0. The summed E-state index contributed by atoms with van der Waals surface area (Å²) in [6.07, 6.45) is 0. The number of nitro benzene ring substituents is 1. The fourth-order valence-corrected chi connectivity index (χ4v) is 2.55. The number of amides is 3. The second-order valence-corrected chi connectivity index (χ2v) is 5.52. The monoisotopic (exact) mass is 331 g/mol. The smallest absolute Gasteiger partial charge is 0.282 e. The topological polar surface area (TPSA) is 101 Å². The molecular formula is C16H17N3O5. The lowest BCUT2D eigenvalue weighted by Crippen LogP contribution is -2.43. The Morgan fingerprint density at radius 2 is 2.00 bits per heavy atom. The van der Waals surface area contributed by atoms with Gasteiger partial charge in [-0.1, -0.05) is 18.2 Å². The van der Waals surface area contributed by atoms with Crippen LogP contribution in [-0.4, -0.2) is 52.1 Å². The van der Waals surface area contributed by atoms with Gasteiger partial charge in [-0.3, -0.25) is 29.4 Å². The first-order valence-electron chi connectivity index (χ1n) is 7.33. The van der Waals surface area contributed by atoms with Crippen molar-refractivity contribution in [2.24, 2.45) is 0 Å². The van der Waals surface area contributed by atoms with Crippen LogP contribution in [0.3, 0.4) is 0 Å². The number of nitro groups is 1. The number of likely N-dealkylation sites (N-methyl/N-ethyl adjacent to an activating group) is 1. The molecular weight excluding hydrogens is 314 g/mol. The van der Waals surface area contributed by atoms with Gasteiger partial charge in [-0.25, -0.2) is 0 Å². The van der Waals surface area contributed by atoms with Crippen molar-refractivity contribution in [2.75, 3.05) is 19.6 Å². The highest BCUT2D eigenvalue weighted by Crippen LogP contribution is 2.30. The van der Waals surface area contributed by atoms with Gasteiger partial charge in [0.25, 0.3) is 17.5 Å². The van der Waals surface area contributed by atoms with Crippen LogP contribution >= 0.6 is 0 Å². The normalized spacial score (nSPS) is 13.0. The van der Waals surface area contributed by atoms with Crippen LogP contribution < -0.4 is 0 Å². The van der Waals surface area contributed by atoms with Crippen molar-refractivity contribution in [3.8, 4) is 0 Å². The molecule has 0 fully saturated rings. The molecule has 0 saturated carbocycles. The molecule has 1 aliphatic rings. The third-order valence-corrected chi connectivity index (χ3v) is 3.66. The number of imide groups is 1. The third-order valence-electron chi connectivity index (χ3n) is 3.66. The summed E-state index contributed by atoms with van der Waals surface area (Å²) in [6.45, 7) is 7.53. The highest BCUT2D eigenvalue weighted by Gasteiger charge is 2.42. The minimum atomic E-state index is -0.818. The van der Waals surface area contributed by atoms with E-state index in [4.69, 9.17) is 0 Å². The largest absolute Gasteiger partial charge is 0.337 e. The Bertz CT molecular complexity index is 756. The number of rotatable bonds is 6. The van der Waals surface area contributed by atoms with Crippen LogP contribution in [0.2, 0.25) is 0 Å². The van der Waals surface area contributed by atoms with Gasteiger partial charge >= 0.3 is 0 Å². The Balaban J connectivity index is 2.28. The molecule has 0 radical (unpaired) electrons. The summed E-state index contributed by atoms with van der Waals surface area (Å²) < 4.78 is 0. The average molecular weight is 331 g/mol. The maximum Gasteiger partial charge on any atom is 0.282 e. The van der Waals surface area contributed by atoms with Crippen molar-refractivity contribution < 1.29 is 19.3 Å². The zero-order valence-corrected chi connectivity index (χ0v) is 13.4. The van der Waals surface area contributed by atoms with Gasteiger partial charge < -0.3 is 4.90 Å². The number of carbonyl (C=O) groups is 3. The van der Waals surface area contributed by atoms with Crippen LogP contribution in [0.15, 0.2) is 30.4 Å². The molecule has 0 atom stereocenters. The van der Waals surface area contributed by atoms with Gasteiger partial charge in [0, 0.05) is 19.2 Å². The predicted molar refractivity (Wildman–Crippen MR) is 85.5 cm³/mol. The van der Waals surface area contributed by atoms with Gasteiger partial charge in [0.1, 0.15) is 12.1 Å². The molecule has 3 amide bonds. The first kappa shape index (κ1) is 17.3. The van der Waals surface area contributed by atoms with E-state index in [-0.39, 0.29) is 11.1 Å². The average Bonchev–Trinajstić information content (AvgIpc) is 2.77. The number of benzene rings is 1. The van der Waals surface area contributed by atoms with E-state index in [0.29, 0.717) is 13.1 Å². The van der Waals surface area contributed by atoms with E-state index in [2.05, 4.69) is 6.58 Å². The molecule has 0 saturated heterocycles. The second kappa shape index (κ2) is 6.61. The Kier molecular flexibility index (Phi) is 4.77. The van der Waals surface area contributed by atoms with E-state index in [1.807, 2.05) is 0 Å². The lowest BCUT2D eigenvalue weighted by atomic mass is 10.1. The Labute approximate surface area is 138 Å². The summed E-state index contributed by atoms with van der Waals surface area (Å²) in [5.41, 5.74) is 0.0199. The van der Waals surface area contributed by atoms with Crippen LogP contribution in [-0.2, 0) is 4.79 Å². The molecule has 0 N–H and O–H groups in total. The fourth-order valence-electron chi connectivity index (χ4n) is 2.55. The summed E-state index contributed by atoms with van der Waals surface area (Å²) in [5.74, 6) is -1.93. The van der Waals surface area contributed by atoms with Crippen molar-refractivity contribution in [2.45, 2.75) is 13.8 Å². The minimum Gasteiger partial charge on any atom is -0.337 e. The van der Waals surface area contributed by atoms with Crippen molar-refractivity contribution in [3.05, 3.63) is 51.6 Å². The van der Waals surface area contributed by atoms with Gasteiger partial charge in [-0.15, -0.1) is 0 Å². The predicted octanol–water partition coefficient (Wildman–Crippen LogP) is 1.62. The molecule has 2 rings (SSSR count). The van der Waals surface area contributed by atoms with Crippen molar-refractivity contribution >= 4 is 23.4 Å². The Morgan fingerprint density at radius 1 is 1.33 bits per heavy atom. The standard InChI is InChI=1S/C16H17N3O5/c1-4-17(8-10(2)3)13(20)9-18-15(21)11-6-5-7-12(19(23)24)14(11)16(18)22/h5-7H,2,4,8-9H2,1,3H3. The van der Waals surface area contributed by atoms with Crippen LogP contribution in [0.5, 0.6) is 0 Å². The molecule has 1 heterocycles. The zero-order chi connectivity index (χ0) is 18.0. The molecule has 0 bridgehead atoms. The zero-order valence-electron chi connectivity index (χ0n) is 13.4. The van der Waals surface area contributed by atoms with Gasteiger partial charge in [0.15, 0.2) is 0 Å². The summed E-state index contributed by atoms with van der Waals surface area (Å²) in [7, 11) is 0. The molecule has 0 unspecified atom stereocenters. The lowest BCUT2D eigenvalue weighted by molar-refractivity contribution is -0.385. The molecule has 1 aliphatic heterocycles. The SMILES string of the molecule is C=C(C)CN(CC)C(=O)CN1C(=O)c2cccc([N+](=O)[O-])c2C1=O. The number of nitrogens with zero attached hydrogens (tertiary/aromatic N) is 3. The minimum absolute atomic E-state index is 0.0510. The van der Waals surface area contributed by atoms with Gasteiger partial charge in [0.05, 0.1) is 10.5 Å². The summed E-state index contributed by atoms with van der Waals surface area (Å²) in [5, 5.41) is 11.1. The van der Waals surface area contributed by atoms with E-state index in [0.717, 1.165) is 16.5 Å². The van der Waals surface area contributed by atoms with Crippen molar-refractivity contribution in [1.82, 2.24) is 9.80 Å².